The Hall–Kier alpha value is -1.93. The summed E-state index contributed by atoms with van der Waals surface area (Å²) in [5, 5.41) is 17.5. The first-order valence-electron chi connectivity index (χ1n) is 4.20. The molecule has 0 atom stereocenters. The average molecular weight is 274 g/mol. The van der Waals surface area contributed by atoms with Crippen molar-refractivity contribution < 1.29 is 41.4 Å². The number of benzene rings is 1. The smallest absolute Gasteiger partial charge is 0.420 e. The number of rotatable bonds is 1. The zero-order valence-corrected chi connectivity index (χ0v) is 8.23. The molecule has 0 aliphatic heterocycles. The molecule has 0 fully saturated rings. The lowest BCUT2D eigenvalue weighted by Gasteiger charge is -2.17. The second-order valence-corrected chi connectivity index (χ2v) is 3.18. The molecule has 9 heteroatoms. The molecule has 0 heterocycles. The lowest BCUT2D eigenvalue weighted by molar-refractivity contribution is -0.163. The molecule has 1 rings (SSSR count). The third kappa shape index (κ3) is 2.49. The number of aromatic hydroxyl groups is 1. The highest BCUT2D eigenvalue weighted by molar-refractivity contribution is 5.91. The van der Waals surface area contributed by atoms with E-state index in [0.717, 1.165) is 0 Å². The molecule has 0 aliphatic rings. The first kappa shape index (κ1) is 14.1. The molecule has 0 aromatic heterocycles. The van der Waals surface area contributed by atoms with Crippen LogP contribution in [0.2, 0.25) is 0 Å². The van der Waals surface area contributed by atoms with E-state index in [1.165, 1.54) is 0 Å². The number of carbonyl (C=O) groups is 1. The van der Waals surface area contributed by atoms with Crippen LogP contribution in [-0.2, 0) is 12.4 Å². The van der Waals surface area contributed by atoms with Crippen molar-refractivity contribution in [2.45, 2.75) is 12.4 Å². The van der Waals surface area contributed by atoms with Crippen molar-refractivity contribution in [3.8, 4) is 5.75 Å². The van der Waals surface area contributed by atoms with E-state index < -0.39 is 40.8 Å². The van der Waals surface area contributed by atoms with Crippen molar-refractivity contribution in [2.24, 2.45) is 0 Å². The molecule has 2 N–H and O–H groups in total. The minimum atomic E-state index is -5.53. The van der Waals surface area contributed by atoms with E-state index in [-0.39, 0.29) is 12.1 Å². The first-order valence-corrected chi connectivity index (χ1v) is 4.20. The van der Waals surface area contributed by atoms with Gasteiger partial charge >= 0.3 is 18.3 Å². The summed E-state index contributed by atoms with van der Waals surface area (Å²) in [6.07, 6.45) is -10.9. The van der Waals surface area contributed by atoms with E-state index in [2.05, 4.69) is 0 Å². The van der Waals surface area contributed by atoms with Crippen LogP contribution in [0.5, 0.6) is 5.75 Å². The van der Waals surface area contributed by atoms with Gasteiger partial charge in [-0.2, -0.15) is 26.3 Å². The lowest BCUT2D eigenvalue weighted by atomic mass is 10.0. The van der Waals surface area contributed by atoms with E-state index in [0.29, 0.717) is 0 Å². The molecule has 0 saturated heterocycles. The van der Waals surface area contributed by atoms with Crippen LogP contribution in [0.15, 0.2) is 12.1 Å². The fraction of sp³-hybridized carbons (Fsp3) is 0.222. The number of alkyl halides is 6. The molecular formula is C9H4F6O3. The molecular weight excluding hydrogens is 270 g/mol. The van der Waals surface area contributed by atoms with Crippen molar-refractivity contribution in [2.75, 3.05) is 0 Å². The van der Waals surface area contributed by atoms with Gasteiger partial charge in [0.25, 0.3) is 0 Å². The van der Waals surface area contributed by atoms with E-state index in [1.807, 2.05) is 0 Å². The van der Waals surface area contributed by atoms with Crippen LogP contribution in [0, 0.1) is 0 Å². The van der Waals surface area contributed by atoms with Gasteiger partial charge in [0.15, 0.2) is 0 Å². The molecule has 3 nitrogen and oxygen atoms in total. The maximum atomic E-state index is 12.4. The van der Waals surface area contributed by atoms with Gasteiger partial charge in [0.1, 0.15) is 16.9 Å². The normalized spacial score (nSPS) is 12.6. The lowest BCUT2D eigenvalue weighted by Crippen LogP contribution is -2.18. The standard InChI is InChI=1S/C9H4F6O3/c10-8(11,12)4-2-1-3(7(17)18)6(16)5(4)9(13,14)15/h1-2,16H,(H,17,18). The van der Waals surface area contributed by atoms with Crippen LogP contribution >= 0.6 is 0 Å². The topological polar surface area (TPSA) is 57.5 Å². The Labute approximate surface area is 95.3 Å². The highest BCUT2D eigenvalue weighted by Gasteiger charge is 2.46. The highest BCUT2D eigenvalue weighted by Crippen LogP contribution is 2.45. The Morgan fingerprint density at radius 3 is 1.83 bits per heavy atom. The number of phenols is 1. The number of halogens is 6. The molecule has 100 valence electrons. The highest BCUT2D eigenvalue weighted by atomic mass is 19.4. The Kier molecular flexibility index (Phi) is 3.20. The van der Waals surface area contributed by atoms with Crippen LogP contribution in [0.4, 0.5) is 26.3 Å². The SMILES string of the molecule is O=C(O)c1ccc(C(F)(F)F)c(C(F)(F)F)c1O. The average Bonchev–Trinajstić information content (AvgIpc) is 2.12. The summed E-state index contributed by atoms with van der Waals surface area (Å²) in [6.45, 7) is 0. The molecule has 0 spiro atoms. The van der Waals surface area contributed by atoms with Crippen LogP contribution in [0.3, 0.4) is 0 Å². The van der Waals surface area contributed by atoms with E-state index in [1.54, 1.807) is 0 Å². The summed E-state index contributed by atoms with van der Waals surface area (Å²) in [7, 11) is 0. The maximum Gasteiger partial charge on any atom is 0.420 e. The second-order valence-electron chi connectivity index (χ2n) is 3.18. The van der Waals surface area contributed by atoms with Gasteiger partial charge in [-0.25, -0.2) is 4.79 Å². The van der Waals surface area contributed by atoms with Crippen molar-refractivity contribution in [3.05, 3.63) is 28.8 Å². The van der Waals surface area contributed by atoms with Gasteiger partial charge in [0.05, 0.1) is 5.56 Å². The first-order chi connectivity index (χ1) is 7.96. The molecule has 18 heavy (non-hydrogen) atoms. The van der Waals surface area contributed by atoms with Crippen LogP contribution in [0.1, 0.15) is 21.5 Å². The summed E-state index contributed by atoms with van der Waals surface area (Å²) in [6, 6.07) is 0.224. The maximum absolute atomic E-state index is 12.4. The molecule has 0 bridgehead atoms. The molecule has 0 unspecified atom stereocenters. The van der Waals surface area contributed by atoms with Crippen molar-refractivity contribution in [3.63, 3.8) is 0 Å². The van der Waals surface area contributed by atoms with E-state index >= 15 is 0 Å². The van der Waals surface area contributed by atoms with Crippen LogP contribution in [-0.4, -0.2) is 16.2 Å². The van der Waals surface area contributed by atoms with Crippen molar-refractivity contribution in [1.29, 1.82) is 0 Å². The summed E-state index contributed by atoms with van der Waals surface area (Å²) in [4.78, 5) is 10.5. The van der Waals surface area contributed by atoms with Gasteiger partial charge in [0.2, 0.25) is 0 Å². The third-order valence-electron chi connectivity index (χ3n) is 2.00. The predicted octanol–water partition coefficient (Wildman–Crippen LogP) is 3.13. The summed E-state index contributed by atoms with van der Waals surface area (Å²) < 4.78 is 74.3. The Morgan fingerprint density at radius 2 is 1.50 bits per heavy atom. The van der Waals surface area contributed by atoms with Gasteiger partial charge < -0.3 is 10.2 Å². The van der Waals surface area contributed by atoms with Crippen molar-refractivity contribution >= 4 is 5.97 Å². The molecule has 1 aromatic carbocycles. The number of carboxylic acids is 1. The number of hydrogen-bond donors (Lipinski definition) is 2. The zero-order chi connectivity index (χ0) is 14.3. The number of hydrogen-bond acceptors (Lipinski definition) is 2. The number of aromatic carboxylic acids is 1. The summed E-state index contributed by atoms with van der Waals surface area (Å²) in [5.74, 6) is -3.92. The Morgan fingerprint density at radius 1 is 1.00 bits per heavy atom. The van der Waals surface area contributed by atoms with Gasteiger partial charge in [-0.05, 0) is 12.1 Å². The van der Waals surface area contributed by atoms with Gasteiger partial charge in [-0.1, -0.05) is 0 Å². The fourth-order valence-electron chi connectivity index (χ4n) is 1.29. The molecule has 0 radical (unpaired) electrons. The Balaban J connectivity index is 3.69. The quantitative estimate of drug-likeness (QED) is 0.773. The monoisotopic (exact) mass is 274 g/mol. The summed E-state index contributed by atoms with van der Waals surface area (Å²) >= 11 is 0. The minimum Gasteiger partial charge on any atom is -0.506 e. The number of carboxylic acid groups (broad SMARTS) is 1. The zero-order valence-electron chi connectivity index (χ0n) is 8.23. The molecule has 0 amide bonds. The van der Waals surface area contributed by atoms with Gasteiger partial charge in [-0.15, -0.1) is 0 Å². The van der Waals surface area contributed by atoms with Crippen LogP contribution in [0.25, 0.3) is 0 Å². The van der Waals surface area contributed by atoms with Crippen LogP contribution < -0.4 is 0 Å². The largest absolute Gasteiger partial charge is 0.506 e. The van der Waals surface area contributed by atoms with Crippen molar-refractivity contribution in [1.82, 2.24) is 0 Å². The molecule has 0 saturated carbocycles. The van der Waals surface area contributed by atoms with E-state index in [9.17, 15) is 31.1 Å². The van der Waals surface area contributed by atoms with Gasteiger partial charge in [0, 0.05) is 0 Å². The Bertz CT molecular complexity index is 488. The summed E-state index contributed by atoms with van der Waals surface area (Å²) in [5.41, 5.74) is -5.80. The van der Waals surface area contributed by atoms with E-state index in [4.69, 9.17) is 10.2 Å². The third-order valence-corrected chi connectivity index (χ3v) is 2.00. The fourth-order valence-corrected chi connectivity index (χ4v) is 1.29. The minimum absolute atomic E-state index is 0.0357. The molecule has 0 aliphatic carbocycles. The molecule has 1 aromatic rings. The predicted molar refractivity (Wildman–Crippen MR) is 45.1 cm³/mol. The second kappa shape index (κ2) is 4.07. The van der Waals surface area contributed by atoms with Gasteiger partial charge in [-0.3, -0.25) is 0 Å².